The van der Waals surface area contributed by atoms with Crippen LogP contribution in [-0.2, 0) is 4.79 Å². The molecule has 1 N–H and O–H groups in total. The van der Waals surface area contributed by atoms with Crippen LogP contribution in [0.15, 0.2) is 24.3 Å². The van der Waals surface area contributed by atoms with Crippen molar-refractivity contribution in [2.75, 3.05) is 19.7 Å². The molecular weight excluding hydrogens is 270 g/mol. The molecular formula is C16H19NO4. The highest BCUT2D eigenvalue weighted by Gasteiger charge is 2.31. The summed E-state index contributed by atoms with van der Waals surface area (Å²) in [5.74, 6) is -0.00770. The lowest BCUT2D eigenvalue weighted by Crippen LogP contribution is -2.29. The van der Waals surface area contributed by atoms with Gasteiger partial charge in [0.2, 0.25) is 0 Å². The summed E-state index contributed by atoms with van der Waals surface area (Å²) in [5, 5.41) is 9.00. The Bertz CT molecular complexity index is 553. The molecule has 3 rings (SSSR count). The van der Waals surface area contributed by atoms with Gasteiger partial charge in [0.15, 0.2) is 0 Å². The largest absolute Gasteiger partial charge is 0.493 e. The number of amides is 1. The molecule has 1 heterocycles. The Morgan fingerprint density at radius 1 is 1.29 bits per heavy atom. The molecule has 1 aromatic rings. The third-order valence-electron chi connectivity index (χ3n) is 4.09. The van der Waals surface area contributed by atoms with E-state index in [0.29, 0.717) is 43.3 Å². The molecule has 0 bridgehead atoms. The number of hydrogen-bond acceptors (Lipinski definition) is 3. The van der Waals surface area contributed by atoms with Crippen molar-refractivity contribution in [3.8, 4) is 5.75 Å². The second-order valence-electron chi connectivity index (χ2n) is 5.86. The van der Waals surface area contributed by atoms with E-state index in [1.807, 2.05) is 6.07 Å². The van der Waals surface area contributed by atoms with E-state index in [1.54, 1.807) is 23.1 Å². The average molecular weight is 289 g/mol. The van der Waals surface area contributed by atoms with Crippen LogP contribution in [0.25, 0.3) is 0 Å². The van der Waals surface area contributed by atoms with E-state index >= 15 is 0 Å². The maximum Gasteiger partial charge on any atom is 0.308 e. The van der Waals surface area contributed by atoms with Crippen LogP contribution in [-0.4, -0.2) is 41.6 Å². The Balaban J connectivity index is 1.63. The van der Waals surface area contributed by atoms with Crippen molar-refractivity contribution in [2.45, 2.75) is 19.3 Å². The molecule has 0 aromatic heterocycles. The van der Waals surface area contributed by atoms with Crippen molar-refractivity contribution < 1.29 is 19.4 Å². The topological polar surface area (TPSA) is 66.8 Å². The molecule has 112 valence electrons. The molecule has 0 spiro atoms. The van der Waals surface area contributed by atoms with E-state index in [9.17, 15) is 9.59 Å². The molecule has 1 aliphatic carbocycles. The predicted molar refractivity (Wildman–Crippen MR) is 76.3 cm³/mol. The Morgan fingerprint density at radius 2 is 2.10 bits per heavy atom. The summed E-state index contributed by atoms with van der Waals surface area (Å²) in [6.07, 6.45) is 2.98. The van der Waals surface area contributed by atoms with Crippen LogP contribution in [0.1, 0.15) is 29.6 Å². The van der Waals surface area contributed by atoms with E-state index in [0.717, 1.165) is 0 Å². The number of rotatable bonds is 5. The Morgan fingerprint density at radius 3 is 2.76 bits per heavy atom. The minimum absolute atomic E-state index is 0.115. The number of carbonyl (C=O) groups excluding carboxylic acids is 1. The number of carbonyl (C=O) groups is 2. The van der Waals surface area contributed by atoms with Crippen LogP contribution < -0.4 is 4.74 Å². The standard InChI is InChI=1S/C16H19NO4/c18-15(17-7-6-13(9-17)16(19)20)12-2-1-3-14(8-12)21-10-11-4-5-11/h1-3,8,11,13H,4-7,9-10H2,(H,19,20)/t13-/m1/s1. The van der Waals surface area contributed by atoms with E-state index in [2.05, 4.69) is 0 Å². The molecule has 5 heteroatoms. The first-order chi connectivity index (χ1) is 10.1. The first-order valence-corrected chi connectivity index (χ1v) is 7.38. The molecule has 2 fully saturated rings. The van der Waals surface area contributed by atoms with Gasteiger partial charge in [-0.25, -0.2) is 0 Å². The second-order valence-corrected chi connectivity index (χ2v) is 5.86. The van der Waals surface area contributed by atoms with Crippen molar-refractivity contribution in [3.63, 3.8) is 0 Å². The third-order valence-corrected chi connectivity index (χ3v) is 4.09. The normalized spacial score (nSPS) is 21.3. The highest BCUT2D eigenvalue weighted by atomic mass is 16.5. The van der Waals surface area contributed by atoms with Crippen molar-refractivity contribution in [1.82, 2.24) is 4.90 Å². The summed E-state index contributed by atoms with van der Waals surface area (Å²) >= 11 is 0. The molecule has 1 amide bonds. The van der Waals surface area contributed by atoms with E-state index in [-0.39, 0.29) is 5.91 Å². The van der Waals surface area contributed by atoms with Gasteiger partial charge in [0, 0.05) is 18.7 Å². The number of hydrogen-bond donors (Lipinski definition) is 1. The van der Waals surface area contributed by atoms with Gasteiger partial charge in [0.1, 0.15) is 5.75 Å². The van der Waals surface area contributed by atoms with Gasteiger partial charge in [0.25, 0.3) is 5.91 Å². The first-order valence-electron chi connectivity index (χ1n) is 7.38. The van der Waals surface area contributed by atoms with E-state index < -0.39 is 11.9 Å². The van der Waals surface area contributed by atoms with Gasteiger partial charge in [-0.3, -0.25) is 9.59 Å². The fourth-order valence-corrected chi connectivity index (χ4v) is 2.55. The van der Waals surface area contributed by atoms with Crippen LogP contribution in [0.3, 0.4) is 0 Å². The third kappa shape index (κ3) is 3.35. The van der Waals surface area contributed by atoms with E-state index in [1.165, 1.54) is 12.8 Å². The zero-order valence-electron chi connectivity index (χ0n) is 11.8. The van der Waals surface area contributed by atoms with Crippen LogP contribution in [0.5, 0.6) is 5.75 Å². The molecule has 1 saturated heterocycles. The predicted octanol–water partition coefficient (Wildman–Crippen LogP) is 2.02. The minimum atomic E-state index is -0.827. The monoisotopic (exact) mass is 289 g/mol. The van der Waals surface area contributed by atoms with Crippen molar-refractivity contribution >= 4 is 11.9 Å². The molecule has 0 unspecified atom stereocenters. The average Bonchev–Trinajstić information content (AvgIpc) is 3.18. The number of aliphatic carboxylic acids is 1. The number of carboxylic acids is 1. The summed E-state index contributed by atoms with van der Waals surface area (Å²) < 4.78 is 5.68. The fourth-order valence-electron chi connectivity index (χ4n) is 2.55. The number of nitrogens with zero attached hydrogens (tertiary/aromatic N) is 1. The maximum atomic E-state index is 12.4. The van der Waals surface area contributed by atoms with Crippen molar-refractivity contribution in [2.24, 2.45) is 11.8 Å². The molecule has 1 aliphatic heterocycles. The lowest BCUT2D eigenvalue weighted by Gasteiger charge is -2.16. The maximum absolute atomic E-state index is 12.4. The van der Waals surface area contributed by atoms with Gasteiger partial charge in [-0.2, -0.15) is 0 Å². The number of carboxylic acid groups (broad SMARTS) is 1. The Hall–Kier alpha value is -2.04. The van der Waals surface area contributed by atoms with Crippen LogP contribution in [0.4, 0.5) is 0 Å². The summed E-state index contributed by atoms with van der Waals surface area (Å²) in [6.45, 7) is 1.51. The molecule has 1 aromatic carbocycles. The highest BCUT2D eigenvalue weighted by Crippen LogP contribution is 2.29. The van der Waals surface area contributed by atoms with Gasteiger partial charge in [-0.1, -0.05) is 6.07 Å². The zero-order valence-corrected chi connectivity index (χ0v) is 11.8. The summed E-state index contributed by atoms with van der Waals surface area (Å²) in [7, 11) is 0. The SMILES string of the molecule is O=C(O)[C@@H]1CCN(C(=O)c2cccc(OCC3CC3)c2)C1. The Kier molecular flexibility index (Phi) is 3.82. The van der Waals surface area contributed by atoms with Gasteiger partial charge in [0.05, 0.1) is 12.5 Å². The fraction of sp³-hybridized carbons (Fsp3) is 0.500. The lowest BCUT2D eigenvalue weighted by molar-refractivity contribution is -0.141. The molecule has 1 saturated carbocycles. The molecule has 5 nitrogen and oxygen atoms in total. The smallest absolute Gasteiger partial charge is 0.308 e. The first kappa shape index (κ1) is 13.9. The van der Waals surface area contributed by atoms with Crippen LogP contribution in [0, 0.1) is 11.8 Å². The number of ether oxygens (including phenoxy) is 1. The van der Waals surface area contributed by atoms with Crippen molar-refractivity contribution in [1.29, 1.82) is 0 Å². The van der Waals surface area contributed by atoms with Gasteiger partial charge in [-0.15, -0.1) is 0 Å². The summed E-state index contributed by atoms with van der Waals surface area (Å²) in [4.78, 5) is 25.0. The minimum Gasteiger partial charge on any atom is -0.493 e. The second kappa shape index (κ2) is 5.76. The zero-order chi connectivity index (χ0) is 14.8. The van der Waals surface area contributed by atoms with Crippen LogP contribution >= 0.6 is 0 Å². The van der Waals surface area contributed by atoms with Gasteiger partial charge < -0.3 is 14.7 Å². The van der Waals surface area contributed by atoms with Gasteiger partial charge in [-0.05, 0) is 43.4 Å². The summed E-state index contributed by atoms with van der Waals surface area (Å²) in [6, 6.07) is 7.16. The Labute approximate surface area is 123 Å². The molecule has 1 atom stereocenters. The van der Waals surface area contributed by atoms with Crippen LogP contribution in [0.2, 0.25) is 0 Å². The summed E-state index contributed by atoms with van der Waals surface area (Å²) in [5.41, 5.74) is 0.564. The molecule has 0 radical (unpaired) electrons. The lowest BCUT2D eigenvalue weighted by atomic mass is 10.1. The molecule has 21 heavy (non-hydrogen) atoms. The van der Waals surface area contributed by atoms with Gasteiger partial charge >= 0.3 is 5.97 Å². The number of likely N-dealkylation sites (tertiary alicyclic amines) is 1. The highest BCUT2D eigenvalue weighted by molar-refractivity contribution is 5.95. The number of benzene rings is 1. The molecule has 2 aliphatic rings. The van der Waals surface area contributed by atoms with Crippen molar-refractivity contribution in [3.05, 3.63) is 29.8 Å². The quantitative estimate of drug-likeness (QED) is 0.900. The van der Waals surface area contributed by atoms with E-state index in [4.69, 9.17) is 9.84 Å².